The molecule has 0 fully saturated rings. The van der Waals surface area contributed by atoms with Crippen LogP contribution in [0.1, 0.15) is 10.4 Å². The van der Waals surface area contributed by atoms with E-state index in [-0.39, 0.29) is 5.69 Å². The minimum atomic E-state index is -1.45. The van der Waals surface area contributed by atoms with Crippen molar-refractivity contribution in [3.63, 3.8) is 0 Å². The summed E-state index contributed by atoms with van der Waals surface area (Å²) in [5.74, 6) is -1.53. The van der Waals surface area contributed by atoms with Crippen molar-refractivity contribution in [2.75, 3.05) is 30.5 Å². The average Bonchev–Trinajstić information content (AvgIpc) is 2.34. The number of carbonyl (C=O) groups is 1. The van der Waals surface area contributed by atoms with Gasteiger partial charge in [0.2, 0.25) is 0 Å². The number of halogens is 1. The number of nitro benzene ring substituents is 1. The summed E-state index contributed by atoms with van der Waals surface area (Å²) in [7, 11) is 1.60. The molecule has 0 aliphatic heterocycles. The summed E-state index contributed by atoms with van der Waals surface area (Å²) in [5.41, 5.74) is -1.22. The Morgan fingerprint density at radius 1 is 1.58 bits per heavy atom. The van der Waals surface area contributed by atoms with Crippen LogP contribution in [0.5, 0.6) is 0 Å². The third kappa shape index (κ3) is 3.57. The monoisotopic (exact) mass is 288 g/mol. The van der Waals surface area contributed by atoms with Crippen LogP contribution in [0, 0.1) is 15.9 Å². The molecule has 1 N–H and O–H groups in total. The van der Waals surface area contributed by atoms with Gasteiger partial charge in [0.1, 0.15) is 5.56 Å². The summed E-state index contributed by atoms with van der Waals surface area (Å²) < 4.78 is 13.8. The largest absolute Gasteiger partial charge is 0.477 e. The highest BCUT2D eigenvalue weighted by atomic mass is 32.2. The molecule has 0 aliphatic carbocycles. The molecule has 0 radical (unpaired) electrons. The number of hydrogen-bond donors (Lipinski definition) is 1. The second kappa shape index (κ2) is 6.37. The lowest BCUT2D eigenvalue weighted by atomic mass is 10.1. The predicted molar refractivity (Wildman–Crippen MR) is 71.7 cm³/mol. The van der Waals surface area contributed by atoms with Gasteiger partial charge in [-0.25, -0.2) is 9.18 Å². The Bertz CT molecular complexity index is 510. The molecule has 1 rings (SSSR count). The first-order valence-electron chi connectivity index (χ1n) is 5.29. The van der Waals surface area contributed by atoms with E-state index in [9.17, 15) is 19.3 Å². The Labute approximate surface area is 113 Å². The summed E-state index contributed by atoms with van der Waals surface area (Å²) in [6.45, 7) is 0.509. The smallest absolute Gasteiger partial charge is 0.342 e. The van der Waals surface area contributed by atoms with Crippen LogP contribution in [0.2, 0.25) is 0 Å². The molecule has 0 unspecified atom stereocenters. The van der Waals surface area contributed by atoms with Crippen LogP contribution >= 0.6 is 11.8 Å². The second-order valence-corrected chi connectivity index (χ2v) is 4.78. The fraction of sp³-hybridized carbons (Fsp3) is 0.364. The molecule has 8 heteroatoms. The van der Waals surface area contributed by atoms with Gasteiger partial charge in [-0.3, -0.25) is 10.1 Å². The topological polar surface area (TPSA) is 83.7 Å². The fourth-order valence-corrected chi connectivity index (χ4v) is 1.97. The van der Waals surface area contributed by atoms with Gasteiger partial charge in [0.15, 0.2) is 5.82 Å². The van der Waals surface area contributed by atoms with Crippen LogP contribution in [0.15, 0.2) is 12.1 Å². The average molecular weight is 288 g/mol. The van der Waals surface area contributed by atoms with Crippen molar-refractivity contribution in [1.82, 2.24) is 0 Å². The molecule has 0 aromatic heterocycles. The van der Waals surface area contributed by atoms with Gasteiger partial charge in [0.05, 0.1) is 16.7 Å². The maximum absolute atomic E-state index is 13.8. The molecule has 1 aromatic rings. The standard InChI is InChI=1S/C11H13FN2O4S/c1-13(3-4-19-2)10-5-7(11(15)16)9(14(17)18)6-8(10)12/h5-6H,3-4H2,1-2H3,(H,15,16). The number of nitrogens with zero attached hydrogens (tertiary/aromatic N) is 2. The highest BCUT2D eigenvalue weighted by molar-refractivity contribution is 7.98. The lowest BCUT2D eigenvalue weighted by Gasteiger charge is -2.19. The molecule has 0 heterocycles. The van der Waals surface area contributed by atoms with Gasteiger partial charge < -0.3 is 10.0 Å². The summed E-state index contributed by atoms with van der Waals surface area (Å²) in [6, 6.07) is 1.64. The third-order valence-corrected chi connectivity index (χ3v) is 3.13. The van der Waals surface area contributed by atoms with Crippen LogP contribution < -0.4 is 4.90 Å². The summed E-state index contributed by atoms with van der Waals surface area (Å²) in [4.78, 5) is 22.3. The minimum Gasteiger partial charge on any atom is -0.477 e. The molecule has 19 heavy (non-hydrogen) atoms. The van der Waals surface area contributed by atoms with E-state index in [1.54, 1.807) is 18.8 Å². The Morgan fingerprint density at radius 2 is 2.21 bits per heavy atom. The molecular weight excluding hydrogens is 275 g/mol. The number of benzene rings is 1. The van der Waals surface area contributed by atoms with Crippen LogP contribution in [-0.2, 0) is 0 Å². The first kappa shape index (κ1) is 15.2. The zero-order valence-corrected chi connectivity index (χ0v) is 11.2. The number of thioether (sulfide) groups is 1. The molecule has 0 spiro atoms. The van der Waals surface area contributed by atoms with E-state index in [2.05, 4.69) is 0 Å². The van der Waals surface area contributed by atoms with Gasteiger partial charge in [-0.2, -0.15) is 11.8 Å². The SMILES string of the molecule is CSCCN(C)c1cc(C(=O)O)c([N+](=O)[O-])cc1F. The fourth-order valence-electron chi connectivity index (χ4n) is 1.51. The van der Waals surface area contributed by atoms with Crippen LogP contribution in [0.3, 0.4) is 0 Å². The van der Waals surface area contributed by atoms with Crippen LogP contribution in [-0.4, -0.2) is 41.6 Å². The van der Waals surface area contributed by atoms with Gasteiger partial charge in [-0.15, -0.1) is 0 Å². The Hall–Kier alpha value is -1.83. The molecule has 0 amide bonds. The Balaban J connectivity index is 3.24. The quantitative estimate of drug-likeness (QED) is 0.638. The molecule has 104 valence electrons. The van der Waals surface area contributed by atoms with Crippen molar-refractivity contribution >= 4 is 29.1 Å². The van der Waals surface area contributed by atoms with Gasteiger partial charge >= 0.3 is 5.97 Å². The van der Waals surface area contributed by atoms with Crippen LogP contribution in [0.4, 0.5) is 15.8 Å². The van der Waals surface area contributed by atoms with Crippen molar-refractivity contribution < 1.29 is 19.2 Å². The normalized spacial score (nSPS) is 10.3. The van der Waals surface area contributed by atoms with Gasteiger partial charge in [0, 0.05) is 19.3 Å². The summed E-state index contributed by atoms with van der Waals surface area (Å²) >= 11 is 1.56. The lowest BCUT2D eigenvalue weighted by molar-refractivity contribution is -0.385. The van der Waals surface area contributed by atoms with Gasteiger partial charge in [-0.05, 0) is 12.3 Å². The molecule has 6 nitrogen and oxygen atoms in total. The van der Waals surface area contributed by atoms with Gasteiger partial charge in [-0.1, -0.05) is 0 Å². The van der Waals surface area contributed by atoms with Crippen LogP contribution in [0.25, 0.3) is 0 Å². The number of aromatic carboxylic acids is 1. The maximum Gasteiger partial charge on any atom is 0.342 e. The number of anilines is 1. The van der Waals surface area contributed by atoms with E-state index in [1.165, 1.54) is 4.90 Å². The Morgan fingerprint density at radius 3 is 2.68 bits per heavy atom. The van der Waals surface area contributed by atoms with Gasteiger partial charge in [0.25, 0.3) is 5.69 Å². The highest BCUT2D eigenvalue weighted by Crippen LogP contribution is 2.28. The van der Waals surface area contributed by atoms with E-state index in [0.29, 0.717) is 12.6 Å². The molecule has 0 aliphatic rings. The molecule has 0 saturated heterocycles. The lowest BCUT2D eigenvalue weighted by Crippen LogP contribution is -2.22. The van der Waals surface area contributed by atoms with E-state index >= 15 is 0 Å². The first-order valence-corrected chi connectivity index (χ1v) is 6.69. The first-order chi connectivity index (χ1) is 8.88. The van der Waals surface area contributed by atoms with E-state index < -0.39 is 28.0 Å². The summed E-state index contributed by atoms with van der Waals surface area (Å²) in [6.07, 6.45) is 1.89. The minimum absolute atomic E-state index is 0.0389. The van der Waals surface area contributed by atoms with Crippen molar-refractivity contribution in [2.24, 2.45) is 0 Å². The number of carboxylic acids is 1. The number of nitro groups is 1. The number of carboxylic acid groups (broad SMARTS) is 1. The van der Waals surface area contributed by atoms with E-state index in [0.717, 1.165) is 11.8 Å². The highest BCUT2D eigenvalue weighted by Gasteiger charge is 2.24. The zero-order valence-electron chi connectivity index (χ0n) is 10.4. The van der Waals surface area contributed by atoms with Crippen molar-refractivity contribution in [1.29, 1.82) is 0 Å². The number of hydrogen-bond acceptors (Lipinski definition) is 5. The Kier molecular flexibility index (Phi) is 5.11. The number of rotatable bonds is 6. The zero-order chi connectivity index (χ0) is 14.6. The maximum atomic E-state index is 13.8. The van der Waals surface area contributed by atoms with Crippen molar-refractivity contribution in [2.45, 2.75) is 0 Å². The predicted octanol–water partition coefficient (Wildman–Crippen LogP) is 2.23. The van der Waals surface area contributed by atoms with Crippen molar-refractivity contribution in [3.8, 4) is 0 Å². The van der Waals surface area contributed by atoms with Crippen molar-refractivity contribution in [3.05, 3.63) is 33.6 Å². The molecule has 0 bridgehead atoms. The van der Waals surface area contributed by atoms with E-state index in [1.807, 2.05) is 6.26 Å². The third-order valence-electron chi connectivity index (χ3n) is 2.53. The molecule has 1 aromatic carbocycles. The molecular formula is C11H13FN2O4S. The second-order valence-electron chi connectivity index (χ2n) is 3.80. The molecule has 0 atom stereocenters. The molecule has 0 saturated carbocycles. The van der Waals surface area contributed by atoms with E-state index in [4.69, 9.17) is 5.11 Å². The summed E-state index contributed by atoms with van der Waals surface area (Å²) in [5, 5.41) is 19.6.